The van der Waals surface area contributed by atoms with Gasteiger partial charge in [-0.15, -0.1) is 0 Å². The van der Waals surface area contributed by atoms with Gasteiger partial charge in [-0.3, -0.25) is 9.59 Å². The number of amides is 2. The molecule has 0 saturated heterocycles. The monoisotopic (exact) mass is 592 g/mol. The molecule has 0 aromatic heterocycles. The van der Waals surface area contributed by atoms with Crippen LogP contribution in [0.25, 0.3) is 0 Å². The fourth-order valence-corrected chi connectivity index (χ4v) is 4.61. The van der Waals surface area contributed by atoms with Gasteiger partial charge in [-0.2, -0.15) is 0 Å². The minimum absolute atomic E-state index is 0.226. The van der Waals surface area contributed by atoms with Crippen LogP contribution >= 0.6 is 43.5 Å². The van der Waals surface area contributed by atoms with Gasteiger partial charge in [-0.05, 0) is 57.4 Å². The van der Waals surface area contributed by atoms with E-state index in [9.17, 15) is 9.59 Å². The van der Waals surface area contributed by atoms with Crippen LogP contribution in [0.1, 0.15) is 11.1 Å². The molecule has 0 aliphatic rings. The summed E-state index contributed by atoms with van der Waals surface area (Å²) in [6, 6.07) is 21.7. The van der Waals surface area contributed by atoms with Crippen LogP contribution in [0, 0.1) is 0 Å². The van der Waals surface area contributed by atoms with Gasteiger partial charge in [0.2, 0.25) is 5.91 Å². The first-order valence-electron chi connectivity index (χ1n) is 10.2. The molecule has 0 aliphatic carbocycles. The number of carbonyl (C=O) groups excluding carboxylic acids is 2. The Hall–Kier alpha value is -2.35. The average Bonchev–Trinajstić information content (AvgIpc) is 2.81. The third-order valence-corrected chi connectivity index (χ3v) is 6.35. The Bertz CT molecular complexity index is 1110. The molecular weight excluding hydrogens is 572 g/mol. The van der Waals surface area contributed by atoms with Crippen molar-refractivity contribution in [1.82, 2.24) is 10.2 Å². The summed E-state index contributed by atoms with van der Waals surface area (Å²) in [6.45, 7) is 0.0326. The van der Waals surface area contributed by atoms with Crippen molar-refractivity contribution in [3.63, 3.8) is 0 Å². The van der Waals surface area contributed by atoms with Crippen LogP contribution < -0.4 is 10.1 Å². The molecule has 0 bridgehead atoms. The van der Waals surface area contributed by atoms with Crippen molar-refractivity contribution in [1.29, 1.82) is 0 Å². The van der Waals surface area contributed by atoms with E-state index in [1.54, 1.807) is 30.1 Å². The number of rotatable bonds is 9. The highest BCUT2D eigenvalue weighted by Gasteiger charge is 2.30. The number of ether oxygens (including phenoxy) is 1. The number of hydrogen-bond donors (Lipinski definition) is 1. The Kier molecular flexibility index (Phi) is 9.35. The summed E-state index contributed by atoms with van der Waals surface area (Å²) in [7, 11) is 1.57. The van der Waals surface area contributed by atoms with Crippen LogP contribution in [-0.4, -0.2) is 36.4 Å². The molecule has 5 nitrogen and oxygen atoms in total. The largest absolute Gasteiger partial charge is 0.483 e. The second-order valence-electron chi connectivity index (χ2n) is 7.33. The first-order valence-corrected chi connectivity index (χ1v) is 12.2. The molecule has 0 spiro atoms. The number of carbonyl (C=O) groups is 2. The number of halogens is 3. The van der Waals surface area contributed by atoms with Gasteiger partial charge in [0.1, 0.15) is 11.8 Å². The maximum atomic E-state index is 13.4. The second kappa shape index (κ2) is 12.2. The van der Waals surface area contributed by atoms with Crippen molar-refractivity contribution in [2.45, 2.75) is 19.0 Å². The second-order valence-corrected chi connectivity index (χ2v) is 9.54. The van der Waals surface area contributed by atoms with E-state index in [2.05, 4.69) is 37.2 Å². The van der Waals surface area contributed by atoms with Crippen molar-refractivity contribution in [3.05, 3.63) is 97.9 Å². The molecule has 3 aromatic rings. The minimum atomic E-state index is -0.707. The first kappa shape index (κ1) is 25.3. The topological polar surface area (TPSA) is 58.6 Å². The molecule has 0 saturated carbocycles. The Labute approximate surface area is 215 Å². The van der Waals surface area contributed by atoms with E-state index in [1.807, 2.05) is 54.6 Å². The lowest BCUT2D eigenvalue weighted by atomic mass is 10.0. The van der Waals surface area contributed by atoms with E-state index < -0.39 is 6.04 Å². The minimum Gasteiger partial charge on any atom is -0.483 e. The number of nitrogens with zero attached hydrogens (tertiary/aromatic N) is 1. The van der Waals surface area contributed by atoms with Crippen LogP contribution in [0.2, 0.25) is 5.02 Å². The van der Waals surface area contributed by atoms with Crippen molar-refractivity contribution in [3.8, 4) is 5.75 Å². The molecule has 3 rings (SSSR count). The molecule has 0 heterocycles. The molecule has 3 aromatic carbocycles. The number of hydrogen-bond acceptors (Lipinski definition) is 3. The van der Waals surface area contributed by atoms with Gasteiger partial charge in [-0.1, -0.05) is 70.0 Å². The average molecular weight is 595 g/mol. The zero-order chi connectivity index (χ0) is 23.8. The van der Waals surface area contributed by atoms with Gasteiger partial charge in [0.25, 0.3) is 5.91 Å². The van der Waals surface area contributed by atoms with Gasteiger partial charge >= 0.3 is 0 Å². The standard InChI is InChI=1S/C25H23Br2ClN2O3/c1-29-25(32)22(13-17-6-3-2-4-7-17)30(15-18-8-5-9-19(26)12-18)24(31)16-33-23-11-10-20(28)14-21(23)27/h2-12,14,22H,13,15-16H2,1H3,(H,29,32)/t22-/m0/s1. The van der Waals surface area contributed by atoms with Gasteiger partial charge in [0.05, 0.1) is 4.47 Å². The van der Waals surface area contributed by atoms with E-state index in [0.29, 0.717) is 21.7 Å². The third-order valence-electron chi connectivity index (χ3n) is 5.00. The number of likely N-dealkylation sites (N-methyl/N-ethyl adjacent to an activating group) is 1. The molecule has 1 atom stereocenters. The molecular formula is C25H23Br2ClN2O3. The molecule has 172 valence electrons. The van der Waals surface area contributed by atoms with E-state index >= 15 is 0 Å². The van der Waals surface area contributed by atoms with E-state index in [1.165, 1.54) is 0 Å². The molecule has 2 amide bonds. The Balaban J connectivity index is 1.88. The lowest BCUT2D eigenvalue weighted by Gasteiger charge is -2.31. The van der Waals surface area contributed by atoms with Crippen LogP contribution in [0.4, 0.5) is 0 Å². The molecule has 0 unspecified atom stereocenters. The lowest BCUT2D eigenvalue weighted by molar-refractivity contribution is -0.142. The lowest BCUT2D eigenvalue weighted by Crippen LogP contribution is -2.51. The summed E-state index contributed by atoms with van der Waals surface area (Å²) in [4.78, 5) is 27.9. The number of benzene rings is 3. The quantitative estimate of drug-likeness (QED) is 0.350. The predicted octanol–water partition coefficient (Wildman–Crippen LogP) is 5.63. The van der Waals surface area contributed by atoms with Crippen molar-refractivity contribution in [2.75, 3.05) is 13.7 Å². The SMILES string of the molecule is CNC(=O)[C@H](Cc1ccccc1)N(Cc1cccc(Br)c1)C(=O)COc1ccc(Cl)cc1Br. The predicted molar refractivity (Wildman–Crippen MR) is 137 cm³/mol. The van der Waals surface area contributed by atoms with Crippen molar-refractivity contribution < 1.29 is 14.3 Å². The van der Waals surface area contributed by atoms with Gasteiger partial charge in [0.15, 0.2) is 6.61 Å². The van der Waals surface area contributed by atoms with Gasteiger partial charge < -0.3 is 15.0 Å². The Morgan fingerprint density at radius 3 is 2.39 bits per heavy atom. The van der Waals surface area contributed by atoms with Crippen LogP contribution in [0.5, 0.6) is 5.75 Å². The Morgan fingerprint density at radius 1 is 1.00 bits per heavy atom. The zero-order valence-electron chi connectivity index (χ0n) is 17.9. The maximum absolute atomic E-state index is 13.4. The highest BCUT2D eigenvalue weighted by molar-refractivity contribution is 9.10. The molecule has 0 aliphatic heterocycles. The molecule has 8 heteroatoms. The normalized spacial score (nSPS) is 11.5. The van der Waals surface area contributed by atoms with Gasteiger partial charge in [0, 0.05) is 29.5 Å². The first-order chi connectivity index (χ1) is 15.9. The molecule has 0 radical (unpaired) electrons. The summed E-state index contributed by atoms with van der Waals surface area (Å²) in [5, 5.41) is 3.26. The fourth-order valence-electron chi connectivity index (χ4n) is 3.37. The molecule has 33 heavy (non-hydrogen) atoms. The summed E-state index contributed by atoms with van der Waals surface area (Å²) in [6.07, 6.45) is 0.380. The van der Waals surface area contributed by atoms with Crippen molar-refractivity contribution >= 4 is 55.3 Å². The zero-order valence-corrected chi connectivity index (χ0v) is 21.9. The summed E-state index contributed by atoms with van der Waals surface area (Å²) in [5.41, 5.74) is 1.85. The highest BCUT2D eigenvalue weighted by Crippen LogP contribution is 2.28. The number of nitrogens with one attached hydrogen (secondary N) is 1. The molecule has 1 N–H and O–H groups in total. The van der Waals surface area contributed by atoms with Crippen molar-refractivity contribution in [2.24, 2.45) is 0 Å². The fraction of sp³-hybridized carbons (Fsp3) is 0.200. The van der Waals surface area contributed by atoms with Gasteiger partial charge in [-0.25, -0.2) is 0 Å². The Morgan fingerprint density at radius 2 is 1.73 bits per heavy atom. The third kappa shape index (κ3) is 7.32. The summed E-state index contributed by atoms with van der Waals surface area (Å²) >= 11 is 12.9. The highest BCUT2D eigenvalue weighted by atomic mass is 79.9. The molecule has 0 fully saturated rings. The summed E-state index contributed by atoms with van der Waals surface area (Å²) < 4.78 is 7.32. The van der Waals surface area contributed by atoms with E-state index in [4.69, 9.17) is 16.3 Å². The van der Waals surface area contributed by atoms with Crippen LogP contribution in [0.15, 0.2) is 81.7 Å². The summed E-state index contributed by atoms with van der Waals surface area (Å²) in [5.74, 6) is -0.0501. The maximum Gasteiger partial charge on any atom is 0.261 e. The van der Waals surface area contributed by atoms with Crippen LogP contribution in [-0.2, 0) is 22.6 Å². The van der Waals surface area contributed by atoms with E-state index in [0.717, 1.165) is 15.6 Å². The van der Waals surface area contributed by atoms with E-state index in [-0.39, 0.29) is 25.0 Å². The smallest absolute Gasteiger partial charge is 0.261 e. The van der Waals surface area contributed by atoms with Crippen LogP contribution in [0.3, 0.4) is 0 Å².